The van der Waals surface area contributed by atoms with Gasteiger partial charge in [0, 0.05) is 12.6 Å². The van der Waals surface area contributed by atoms with Gasteiger partial charge in [-0.3, -0.25) is 5.43 Å². The third-order valence-corrected chi connectivity index (χ3v) is 3.47. The van der Waals surface area contributed by atoms with Crippen LogP contribution >= 0.6 is 0 Å². The second-order valence-corrected chi connectivity index (χ2v) is 4.79. The molecule has 3 nitrogen and oxygen atoms in total. The van der Waals surface area contributed by atoms with E-state index in [4.69, 9.17) is 11.8 Å². The second kappa shape index (κ2) is 6.85. The van der Waals surface area contributed by atoms with Crippen LogP contribution in [-0.4, -0.2) is 24.8 Å². The largest absolute Gasteiger partial charge is 0.303 e. The van der Waals surface area contributed by atoms with Crippen molar-refractivity contribution < 1.29 is 0 Å². The summed E-state index contributed by atoms with van der Waals surface area (Å²) in [5.74, 6) is 2.65. The first-order chi connectivity index (χ1) is 10.2. The molecule has 21 heavy (non-hydrogen) atoms. The van der Waals surface area contributed by atoms with Crippen molar-refractivity contribution in [1.82, 2.24) is 10.4 Å². The average Bonchev–Trinajstić information content (AvgIpc) is 2.55. The number of hydrogen-bond donors (Lipinski definition) is 2. The van der Waals surface area contributed by atoms with E-state index in [1.54, 1.807) is 0 Å². The highest BCUT2D eigenvalue weighted by molar-refractivity contribution is 6.02. The van der Waals surface area contributed by atoms with Crippen LogP contribution in [0.2, 0.25) is 0 Å². The fourth-order valence-corrected chi connectivity index (χ4v) is 2.29. The molecule has 2 aromatic rings. The highest BCUT2D eigenvalue weighted by Crippen LogP contribution is 2.23. The molecule has 0 heterocycles. The molecular formula is C18H19N3. The molecule has 0 radical (unpaired) electrons. The van der Waals surface area contributed by atoms with Crippen LogP contribution in [-0.2, 0) is 0 Å². The smallest absolute Gasteiger partial charge is 0.0910 e. The van der Waals surface area contributed by atoms with E-state index >= 15 is 0 Å². The molecule has 2 N–H and O–H groups in total. The summed E-state index contributed by atoms with van der Waals surface area (Å²) in [6.07, 6.45) is 5.48. The van der Waals surface area contributed by atoms with Gasteiger partial charge in [0.15, 0.2) is 0 Å². The molecule has 106 valence electrons. The summed E-state index contributed by atoms with van der Waals surface area (Å²) in [5.41, 5.74) is 6.34. The number of nitrogens with zero attached hydrogens (tertiary/aromatic N) is 1. The van der Waals surface area contributed by atoms with Crippen LogP contribution in [0.5, 0.6) is 0 Å². The molecule has 0 fully saturated rings. The number of rotatable bonds is 5. The van der Waals surface area contributed by atoms with E-state index in [2.05, 4.69) is 11.3 Å². The first kappa shape index (κ1) is 15.0. The van der Waals surface area contributed by atoms with Crippen molar-refractivity contribution in [2.45, 2.75) is 6.04 Å². The van der Waals surface area contributed by atoms with Crippen LogP contribution in [0.1, 0.15) is 22.7 Å². The summed E-state index contributed by atoms with van der Waals surface area (Å²) in [6, 6.07) is 17.3. The fraction of sp³-hybridized carbons (Fsp3) is 0.167. The molecule has 0 spiro atoms. The van der Waals surface area contributed by atoms with E-state index in [9.17, 15) is 0 Å². The summed E-state index contributed by atoms with van der Waals surface area (Å²) in [5, 5.41) is 10.5. The molecule has 0 aliphatic carbocycles. The van der Waals surface area contributed by atoms with Gasteiger partial charge < -0.3 is 5.41 Å². The van der Waals surface area contributed by atoms with E-state index in [1.165, 1.54) is 0 Å². The van der Waals surface area contributed by atoms with Crippen LogP contribution < -0.4 is 5.43 Å². The molecule has 0 amide bonds. The van der Waals surface area contributed by atoms with E-state index in [0.29, 0.717) is 5.71 Å². The molecule has 1 atom stereocenters. The van der Waals surface area contributed by atoms with Gasteiger partial charge in [-0.15, -0.1) is 6.42 Å². The number of likely N-dealkylation sites (N-methyl/N-ethyl adjacent to an activating group) is 1. The summed E-state index contributed by atoms with van der Waals surface area (Å²) in [4.78, 5) is 0. The number of hydrogen-bond acceptors (Lipinski definition) is 3. The Morgan fingerprint density at radius 1 is 1.19 bits per heavy atom. The van der Waals surface area contributed by atoms with Crippen molar-refractivity contribution in [1.29, 1.82) is 5.41 Å². The zero-order chi connectivity index (χ0) is 15.2. The molecule has 3 heteroatoms. The maximum Gasteiger partial charge on any atom is 0.0910 e. The van der Waals surface area contributed by atoms with Crippen molar-refractivity contribution in [2.24, 2.45) is 0 Å². The Morgan fingerprint density at radius 2 is 1.90 bits per heavy atom. The topological polar surface area (TPSA) is 39.1 Å². The Balaban J connectivity index is 2.44. The maximum absolute atomic E-state index is 8.55. The second-order valence-electron chi connectivity index (χ2n) is 4.79. The first-order valence-corrected chi connectivity index (χ1v) is 6.78. The fourth-order valence-electron chi connectivity index (χ4n) is 2.29. The minimum absolute atomic E-state index is 0.203. The molecule has 2 aromatic carbocycles. The lowest BCUT2D eigenvalue weighted by atomic mass is 9.95. The number of benzene rings is 2. The normalized spacial score (nSPS) is 11.9. The standard InChI is InChI=1S/C18H19N3/c1-4-14-9-8-12-16(13-14)18(21(3)20-2)17(19)15-10-6-5-7-11-15/h1,5-13,18-20H,2-3H3. The summed E-state index contributed by atoms with van der Waals surface area (Å²) >= 11 is 0. The molecule has 2 rings (SSSR count). The number of hydrazine groups is 1. The monoisotopic (exact) mass is 277 g/mol. The Kier molecular flexibility index (Phi) is 4.89. The van der Waals surface area contributed by atoms with E-state index < -0.39 is 0 Å². The summed E-state index contributed by atoms with van der Waals surface area (Å²) in [6.45, 7) is 0. The number of nitrogens with one attached hydrogen (secondary N) is 2. The highest BCUT2D eigenvalue weighted by Gasteiger charge is 2.22. The van der Waals surface area contributed by atoms with Gasteiger partial charge in [0.05, 0.1) is 11.8 Å². The quantitative estimate of drug-likeness (QED) is 0.501. The minimum Gasteiger partial charge on any atom is -0.303 e. The Hall–Kier alpha value is -2.41. The van der Waals surface area contributed by atoms with Crippen molar-refractivity contribution in [2.75, 3.05) is 14.1 Å². The van der Waals surface area contributed by atoms with E-state index in [1.807, 2.05) is 73.7 Å². The van der Waals surface area contributed by atoms with Crippen molar-refractivity contribution >= 4 is 5.71 Å². The number of terminal acetylenes is 1. The van der Waals surface area contributed by atoms with Gasteiger partial charge in [0.25, 0.3) is 0 Å². The Labute approximate surface area is 126 Å². The third-order valence-electron chi connectivity index (χ3n) is 3.47. The zero-order valence-electron chi connectivity index (χ0n) is 12.3. The van der Waals surface area contributed by atoms with Gasteiger partial charge in [-0.25, -0.2) is 5.01 Å². The Bertz CT molecular complexity index is 656. The predicted octanol–water partition coefficient (Wildman–Crippen LogP) is 2.84. The summed E-state index contributed by atoms with van der Waals surface area (Å²) in [7, 11) is 3.76. The lowest BCUT2D eigenvalue weighted by molar-refractivity contribution is 0.229. The third kappa shape index (κ3) is 3.38. The highest BCUT2D eigenvalue weighted by atomic mass is 15.5. The lowest BCUT2D eigenvalue weighted by Gasteiger charge is -2.28. The SMILES string of the molecule is C#Cc1cccc(C(C(=N)c2ccccc2)N(C)NC)c1. The molecular weight excluding hydrogens is 258 g/mol. The van der Waals surface area contributed by atoms with Crippen molar-refractivity contribution in [3.8, 4) is 12.3 Å². The van der Waals surface area contributed by atoms with Crippen LogP contribution in [0, 0.1) is 17.8 Å². The minimum atomic E-state index is -0.203. The molecule has 1 unspecified atom stereocenters. The van der Waals surface area contributed by atoms with Gasteiger partial charge in [0.1, 0.15) is 0 Å². The molecule has 0 aromatic heterocycles. The Morgan fingerprint density at radius 3 is 2.52 bits per heavy atom. The van der Waals surface area contributed by atoms with Crippen molar-refractivity contribution in [3.63, 3.8) is 0 Å². The average molecular weight is 277 g/mol. The molecule has 0 aliphatic heterocycles. The van der Waals surface area contributed by atoms with Crippen molar-refractivity contribution in [3.05, 3.63) is 71.3 Å². The van der Waals surface area contributed by atoms with Crippen LogP contribution in [0.3, 0.4) is 0 Å². The maximum atomic E-state index is 8.55. The van der Waals surface area contributed by atoms with Gasteiger partial charge in [-0.2, -0.15) is 0 Å². The van der Waals surface area contributed by atoms with Gasteiger partial charge >= 0.3 is 0 Å². The molecule has 0 aliphatic rings. The van der Waals surface area contributed by atoms with Crippen LogP contribution in [0.25, 0.3) is 0 Å². The lowest BCUT2D eigenvalue weighted by Crippen LogP contribution is -2.39. The van der Waals surface area contributed by atoms with Gasteiger partial charge in [0.2, 0.25) is 0 Å². The van der Waals surface area contributed by atoms with Crippen LogP contribution in [0.4, 0.5) is 0 Å². The molecule has 0 bridgehead atoms. The molecule has 0 saturated heterocycles. The van der Waals surface area contributed by atoms with Crippen LogP contribution in [0.15, 0.2) is 54.6 Å². The molecule has 0 saturated carbocycles. The zero-order valence-corrected chi connectivity index (χ0v) is 12.3. The van der Waals surface area contributed by atoms with Gasteiger partial charge in [-0.05, 0) is 30.3 Å². The van der Waals surface area contributed by atoms with E-state index in [-0.39, 0.29) is 6.04 Å². The summed E-state index contributed by atoms with van der Waals surface area (Å²) < 4.78 is 0. The van der Waals surface area contributed by atoms with Gasteiger partial charge in [-0.1, -0.05) is 48.4 Å². The first-order valence-electron chi connectivity index (χ1n) is 6.78. The van der Waals surface area contributed by atoms with E-state index in [0.717, 1.165) is 16.7 Å². The predicted molar refractivity (Wildman–Crippen MR) is 87.2 cm³/mol.